The number of hydrogen-bond acceptors (Lipinski definition) is 3. The topological polar surface area (TPSA) is 38.3 Å². The zero-order chi connectivity index (χ0) is 16.1. The molecular weight excluding hydrogens is 289 g/mol. The molecule has 0 heterocycles. The van der Waals surface area contributed by atoms with Crippen molar-refractivity contribution in [2.24, 2.45) is 11.8 Å². The van der Waals surface area contributed by atoms with E-state index in [1.165, 1.54) is 7.11 Å². The standard InChI is InChI=1S/C15H32NO2PS/c1-11(2)9-13(14(17)18-8)16-19(20,10-12(3)4)15(5,6)7/h11-13H,9-10H2,1-8H3,(H,16,20)/t13-,19?/m0/s1. The number of carbonyl (C=O) groups excluding carboxylic acids is 1. The minimum Gasteiger partial charge on any atom is -0.468 e. The molecule has 20 heavy (non-hydrogen) atoms. The second-order valence-corrected chi connectivity index (χ2v) is 12.6. The third-order valence-electron chi connectivity index (χ3n) is 3.26. The van der Waals surface area contributed by atoms with Gasteiger partial charge in [-0.25, -0.2) is 0 Å². The van der Waals surface area contributed by atoms with Crippen molar-refractivity contribution in [3.05, 3.63) is 0 Å². The highest BCUT2D eigenvalue weighted by Gasteiger charge is 2.36. The van der Waals surface area contributed by atoms with E-state index in [1.807, 2.05) is 0 Å². The molecule has 0 bridgehead atoms. The summed E-state index contributed by atoms with van der Waals surface area (Å²) in [5, 5.41) is 3.53. The third-order valence-corrected chi connectivity index (χ3v) is 9.81. The summed E-state index contributed by atoms with van der Waals surface area (Å²) in [5.41, 5.74) is 0. The highest BCUT2D eigenvalue weighted by molar-refractivity contribution is 8.14. The lowest BCUT2D eigenvalue weighted by atomic mass is 10.1. The van der Waals surface area contributed by atoms with Gasteiger partial charge in [-0.2, -0.15) is 0 Å². The number of ether oxygens (including phenoxy) is 1. The van der Waals surface area contributed by atoms with Gasteiger partial charge in [-0.1, -0.05) is 60.3 Å². The molecule has 120 valence electrons. The molecule has 0 saturated carbocycles. The van der Waals surface area contributed by atoms with Crippen LogP contribution in [-0.2, 0) is 21.3 Å². The van der Waals surface area contributed by atoms with Gasteiger partial charge >= 0.3 is 5.97 Å². The number of carbonyl (C=O) groups is 1. The number of nitrogens with one attached hydrogen (secondary N) is 1. The number of esters is 1. The molecule has 1 N–H and O–H groups in total. The molecule has 0 aliphatic carbocycles. The van der Waals surface area contributed by atoms with Crippen LogP contribution in [0.2, 0.25) is 0 Å². The van der Waals surface area contributed by atoms with E-state index in [4.69, 9.17) is 16.5 Å². The van der Waals surface area contributed by atoms with Crippen LogP contribution in [0.5, 0.6) is 0 Å². The fraction of sp³-hybridized carbons (Fsp3) is 0.933. The van der Waals surface area contributed by atoms with Crippen molar-refractivity contribution in [1.82, 2.24) is 5.09 Å². The number of methoxy groups -OCH3 is 1. The first-order valence-corrected chi connectivity index (χ1v) is 10.4. The molecule has 0 aromatic carbocycles. The van der Waals surface area contributed by atoms with Crippen LogP contribution in [-0.4, -0.2) is 30.4 Å². The molecule has 0 aromatic heterocycles. The summed E-state index contributed by atoms with van der Waals surface area (Å²) in [7, 11) is 1.44. The second-order valence-electron chi connectivity index (χ2n) is 7.32. The molecule has 0 fully saturated rings. The van der Waals surface area contributed by atoms with E-state index in [-0.39, 0.29) is 17.2 Å². The maximum atomic E-state index is 12.0. The summed E-state index contributed by atoms with van der Waals surface area (Å²) in [5.74, 6) is 0.750. The molecule has 2 atom stereocenters. The summed E-state index contributed by atoms with van der Waals surface area (Å²) < 4.78 is 4.95. The Kier molecular flexibility index (Phi) is 7.94. The summed E-state index contributed by atoms with van der Waals surface area (Å²) in [6.45, 7) is 15.1. The molecular formula is C15H32NO2PS. The number of hydrogen-bond donors (Lipinski definition) is 1. The normalized spacial score (nSPS) is 17.1. The van der Waals surface area contributed by atoms with Gasteiger partial charge in [0.15, 0.2) is 0 Å². The van der Waals surface area contributed by atoms with Crippen molar-refractivity contribution in [2.45, 2.75) is 66.1 Å². The molecule has 0 aliphatic heterocycles. The predicted octanol–water partition coefficient (Wildman–Crippen LogP) is 4.01. The fourth-order valence-corrected chi connectivity index (χ4v) is 6.16. The van der Waals surface area contributed by atoms with Crippen LogP contribution in [0.1, 0.15) is 54.9 Å². The lowest BCUT2D eigenvalue weighted by molar-refractivity contribution is -0.143. The Morgan fingerprint density at radius 2 is 1.70 bits per heavy atom. The van der Waals surface area contributed by atoms with Crippen LogP contribution < -0.4 is 5.09 Å². The van der Waals surface area contributed by atoms with Gasteiger partial charge in [0, 0.05) is 11.3 Å². The molecule has 1 unspecified atom stereocenters. The smallest absolute Gasteiger partial charge is 0.323 e. The zero-order valence-corrected chi connectivity index (χ0v) is 16.0. The molecule has 3 nitrogen and oxygen atoms in total. The van der Waals surface area contributed by atoms with E-state index in [0.29, 0.717) is 11.8 Å². The Morgan fingerprint density at radius 3 is 2.00 bits per heavy atom. The molecule has 0 amide bonds. The summed E-state index contributed by atoms with van der Waals surface area (Å²) >= 11 is 6.00. The highest BCUT2D eigenvalue weighted by Crippen LogP contribution is 2.56. The van der Waals surface area contributed by atoms with Gasteiger partial charge in [0.25, 0.3) is 0 Å². The van der Waals surface area contributed by atoms with E-state index < -0.39 is 6.19 Å². The van der Waals surface area contributed by atoms with E-state index >= 15 is 0 Å². The van der Waals surface area contributed by atoms with Gasteiger partial charge in [-0.15, -0.1) is 0 Å². The van der Waals surface area contributed by atoms with Gasteiger partial charge in [0.2, 0.25) is 0 Å². The van der Waals surface area contributed by atoms with Crippen molar-refractivity contribution >= 4 is 24.0 Å². The Hall–Kier alpha value is 0.0800. The monoisotopic (exact) mass is 321 g/mol. The molecule has 0 spiro atoms. The van der Waals surface area contributed by atoms with Crippen LogP contribution in [0, 0.1) is 11.8 Å². The first kappa shape index (κ1) is 20.1. The van der Waals surface area contributed by atoms with Gasteiger partial charge < -0.3 is 4.74 Å². The first-order chi connectivity index (χ1) is 8.93. The van der Waals surface area contributed by atoms with Crippen molar-refractivity contribution in [3.63, 3.8) is 0 Å². The third kappa shape index (κ3) is 6.24. The Labute approximate surface area is 130 Å². The van der Waals surface area contributed by atoms with Gasteiger partial charge in [-0.05, 0) is 24.4 Å². The first-order valence-electron chi connectivity index (χ1n) is 7.37. The van der Waals surface area contributed by atoms with Crippen LogP contribution in [0.4, 0.5) is 0 Å². The molecule has 0 rings (SSSR count). The summed E-state index contributed by atoms with van der Waals surface area (Å²) in [6, 6.07) is -0.288. The Bertz CT molecular complexity index is 361. The minimum absolute atomic E-state index is 0.00411. The SMILES string of the molecule is COC(=O)[C@H](CC(C)C)NP(=S)(CC(C)C)C(C)(C)C. The van der Waals surface area contributed by atoms with Crippen LogP contribution in [0.15, 0.2) is 0 Å². The lowest BCUT2D eigenvalue weighted by Gasteiger charge is -2.39. The van der Waals surface area contributed by atoms with Crippen molar-refractivity contribution in [1.29, 1.82) is 0 Å². The lowest BCUT2D eigenvalue weighted by Crippen LogP contribution is -2.41. The van der Waals surface area contributed by atoms with E-state index in [0.717, 1.165) is 12.6 Å². The van der Waals surface area contributed by atoms with Crippen LogP contribution >= 0.6 is 6.19 Å². The van der Waals surface area contributed by atoms with Gasteiger partial charge in [0.05, 0.1) is 7.11 Å². The largest absolute Gasteiger partial charge is 0.468 e. The average molecular weight is 321 g/mol. The molecule has 0 radical (unpaired) electrons. The van der Waals surface area contributed by atoms with Crippen molar-refractivity contribution in [2.75, 3.05) is 13.3 Å². The predicted molar refractivity (Wildman–Crippen MR) is 92.1 cm³/mol. The van der Waals surface area contributed by atoms with Crippen LogP contribution in [0.25, 0.3) is 0 Å². The quantitative estimate of drug-likeness (QED) is 0.568. The van der Waals surface area contributed by atoms with Crippen molar-refractivity contribution in [3.8, 4) is 0 Å². The molecule has 0 saturated heterocycles. The highest BCUT2D eigenvalue weighted by atomic mass is 32.4. The van der Waals surface area contributed by atoms with Crippen LogP contribution in [0.3, 0.4) is 0 Å². The van der Waals surface area contributed by atoms with Gasteiger partial charge in [0.1, 0.15) is 6.04 Å². The minimum atomic E-state index is -1.86. The maximum absolute atomic E-state index is 12.0. The molecule has 5 heteroatoms. The Morgan fingerprint density at radius 1 is 1.20 bits per heavy atom. The molecule has 0 aromatic rings. The van der Waals surface area contributed by atoms with E-state index in [9.17, 15) is 4.79 Å². The average Bonchev–Trinajstić information content (AvgIpc) is 2.23. The molecule has 0 aliphatic rings. The maximum Gasteiger partial charge on any atom is 0.323 e. The summed E-state index contributed by atoms with van der Waals surface area (Å²) in [4.78, 5) is 12.0. The van der Waals surface area contributed by atoms with Gasteiger partial charge in [-0.3, -0.25) is 9.88 Å². The second kappa shape index (κ2) is 7.91. The van der Waals surface area contributed by atoms with E-state index in [2.05, 4.69) is 53.6 Å². The van der Waals surface area contributed by atoms with E-state index in [1.54, 1.807) is 0 Å². The fourth-order valence-electron chi connectivity index (χ4n) is 2.10. The number of rotatable bonds is 7. The Balaban J connectivity index is 5.28. The zero-order valence-electron chi connectivity index (χ0n) is 14.3. The van der Waals surface area contributed by atoms with Crippen molar-refractivity contribution < 1.29 is 9.53 Å². The summed E-state index contributed by atoms with van der Waals surface area (Å²) in [6.07, 6.45) is -0.137.